The number of hydrogen-bond donors (Lipinski definition) is 0. The Morgan fingerprint density at radius 2 is 1.68 bits per heavy atom. The van der Waals surface area contributed by atoms with Gasteiger partial charge in [0.15, 0.2) is 5.75 Å². The number of hydrogen-bond acceptors (Lipinski definition) is 4. The Morgan fingerprint density at radius 1 is 1.00 bits per heavy atom. The van der Waals surface area contributed by atoms with E-state index >= 15 is 0 Å². The molecule has 0 amide bonds. The first kappa shape index (κ1) is 12.8. The van der Waals surface area contributed by atoms with Crippen LogP contribution in [-0.4, -0.2) is 4.92 Å². The van der Waals surface area contributed by atoms with Crippen LogP contribution in [0.1, 0.15) is 5.56 Å². The highest BCUT2D eigenvalue weighted by Crippen LogP contribution is 2.18. The fourth-order valence-electron chi connectivity index (χ4n) is 1.60. The molecule has 0 aromatic heterocycles. The maximum absolute atomic E-state index is 11.6. The van der Waals surface area contributed by atoms with E-state index in [-0.39, 0.29) is 23.5 Å². The number of rotatable bonds is 4. The van der Waals surface area contributed by atoms with Gasteiger partial charge in [-0.1, -0.05) is 30.3 Å². The molecule has 0 N–H and O–H groups in total. The summed E-state index contributed by atoms with van der Waals surface area (Å²) in [6.45, 7) is -0.0175. The lowest BCUT2D eigenvalue weighted by Crippen LogP contribution is -2.06. The minimum Gasteiger partial charge on any atom is -0.485 e. The van der Waals surface area contributed by atoms with Crippen LogP contribution in [0, 0.1) is 10.1 Å². The number of nitro groups is 1. The van der Waals surface area contributed by atoms with E-state index in [0.29, 0.717) is 5.56 Å². The quantitative estimate of drug-likeness (QED) is 0.623. The van der Waals surface area contributed by atoms with Crippen molar-refractivity contribution in [3.8, 4) is 5.75 Å². The molecule has 19 heavy (non-hydrogen) atoms. The van der Waals surface area contributed by atoms with Crippen LogP contribution in [0.5, 0.6) is 5.75 Å². The van der Waals surface area contributed by atoms with Gasteiger partial charge in [-0.05, 0) is 18.2 Å². The third-order valence-electron chi connectivity index (χ3n) is 2.53. The minimum atomic E-state index is -0.470. The monoisotopic (exact) mass is 257 g/mol. The van der Waals surface area contributed by atoms with E-state index in [9.17, 15) is 14.9 Å². The Labute approximate surface area is 109 Å². The van der Waals surface area contributed by atoms with E-state index in [1.807, 2.05) is 0 Å². The van der Waals surface area contributed by atoms with Crippen LogP contribution in [-0.2, 0) is 6.61 Å². The van der Waals surface area contributed by atoms with E-state index < -0.39 is 4.92 Å². The van der Waals surface area contributed by atoms with Gasteiger partial charge in [0, 0.05) is 6.07 Å². The Hall–Kier alpha value is -2.69. The number of para-hydroxylation sites is 1. The molecule has 0 aliphatic heterocycles. The first-order chi connectivity index (χ1) is 9.18. The van der Waals surface area contributed by atoms with Crippen LogP contribution in [0.15, 0.2) is 59.4 Å². The van der Waals surface area contributed by atoms with Gasteiger partial charge in [0.1, 0.15) is 6.61 Å². The van der Waals surface area contributed by atoms with Crippen molar-refractivity contribution < 1.29 is 9.66 Å². The minimum absolute atomic E-state index is 0.0175. The lowest BCUT2D eigenvalue weighted by molar-refractivity contribution is -0.385. The molecule has 96 valence electrons. The van der Waals surface area contributed by atoms with Gasteiger partial charge in [-0.25, -0.2) is 0 Å². The summed E-state index contributed by atoms with van der Waals surface area (Å²) in [4.78, 5) is 22.0. The van der Waals surface area contributed by atoms with Gasteiger partial charge in [0.25, 0.3) is 5.69 Å². The molecule has 0 bridgehead atoms. The van der Waals surface area contributed by atoms with Crippen molar-refractivity contribution in [3.63, 3.8) is 0 Å². The molecule has 0 aliphatic carbocycles. The van der Waals surface area contributed by atoms with Gasteiger partial charge in [0.05, 0.1) is 10.5 Å². The summed E-state index contributed by atoms with van der Waals surface area (Å²) < 4.78 is 5.36. The lowest BCUT2D eigenvalue weighted by atomic mass is 10.2. The molecule has 2 aromatic carbocycles. The topological polar surface area (TPSA) is 69.4 Å². The highest BCUT2D eigenvalue weighted by atomic mass is 16.6. The van der Waals surface area contributed by atoms with Crippen LogP contribution >= 0.6 is 0 Å². The van der Waals surface area contributed by atoms with Gasteiger partial charge in [-0.3, -0.25) is 14.9 Å². The smallest absolute Gasteiger partial charge is 0.276 e. The molecule has 2 rings (SSSR count). The summed E-state index contributed by atoms with van der Waals surface area (Å²) >= 11 is 0. The predicted molar refractivity (Wildman–Crippen MR) is 70.1 cm³/mol. The summed E-state index contributed by atoms with van der Waals surface area (Å²) in [6.07, 6.45) is 0. The lowest BCUT2D eigenvalue weighted by Gasteiger charge is -2.04. The van der Waals surface area contributed by atoms with E-state index in [4.69, 9.17) is 4.74 Å². The van der Waals surface area contributed by atoms with Gasteiger partial charge in [0.2, 0.25) is 5.43 Å². The van der Waals surface area contributed by atoms with Gasteiger partial charge in [-0.2, -0.15) is 0 Å². The zero-order valence-electron chi connectivity index (χ0n) is 9.98. The molecule has 0 aliphatic rings. The molecular weight excluding hydrogens is 246 g/mol. The van der Waals surface area contributed by atoms with Crippen molar-refractivity contribution in [1.29, 1.82) is 0 Å². The molecule has 0 atom stereocenters. The SMILES string of the molecule is O=c1cccccc1OCc1ccccc1[N+](=O)[O-]. The number of ether oxygens (including phenoxy) is 1. The van der Waals surface area contributed by atoms with Crippen molar-refractivity contribution in [2.75, 3.05) is 0 Å². The van der Waals surface area contributed by atoms with Crippen LogP contribution in [0.4, 0.5) is 5.69 Å². The summed E-state index contributed by atoms with van der Waals surface area (Å²) in [6, 6.07) is 14.2. The molecular formula is C14H11NO4. The Balaban J connectivity index is 2.22. The van der Waals surface area contributed by atoms with Crippen molar-refractivity contribution in [2.45, 2.75) is 6.61 Å². The van der Waals surface area contributed by atoms with Crippen molar-refractivity contribution >= 4 is 5.69 Å². The van der Waals surface area contributed by atoms with Gasteiger partial charge < -0.3 is 4.74 Å². The predicted octanol–water partition coefficient (Wildman–Crippen LogP) is 2.53. The molecule has 0 heterocycles. The first-order valence-electron chi connectivity index (χ1n) is 5.63. The molecule has 0 saturated heterocycles. The van der Waals surface area contributed by atoms with Crippen molar-refractivity contribution in [3.05, 3.63) is 80.5 Å². The Morgan fingerprint density at radius 3 is 2.47 bits per heavy atom. The average molecular weight is 257 g/mol. The van der Waals surface area contributed by atoms with E-state index in [1.54, 1.807) is 36.4 Å². The standard InChI is InChI=1S/C14H11NO4/c16-13-8-2-1-3-9-14(13)19-10-11-6-4-5-7-12(11)15(17)18/h1-9H,10H2. The number of nitrogens with zero attached hydrogens (tertiary/aromatic N) is 1. The molecule has 0 unspecified atom stereocenters. The number of benzene rings is 1. The van der Waals surface area contributed by atoms with Crippen LogP contribution in [0.25, 0.3) is 0 Å². The van der Waals surface area contributed by atoms with E-state index in [0.717, 1.165) is 0 Å². The largest absolute Gasteiger partial charge is 0.485 e. The second-order valence-corrected chi connectivity index (χ2v) is 3.81. The first-order valence-corrected chi connectivity index (χ1v) is 5.63. The summed E-state index contributed by atoms with van der Waals surface area (Å²) in [5.74, 6) is 0.170. The van der Waals surface area contributed by atoms with Crippen molar-refractivity contribution in [1.82, 2.24) is 0 Å². The number of nitro benzene ring substituents is 1. The Kier molecular flexibility index (Phi) is 3.87. The maximum Gasteiger partial charge on any atom is 0.276 e. The summed E-state index contributed by atoms with van der Waals surface area (Å²) in [5.41, 5.74) is 0.150. The fraction of sp³-hybridized carbons (Fsp3) is 0.0714. The third-order valence-corrected chi connectivity index (χ3v) is 2.53. The maximum atomic E-state index is 11.6. The molecule has 5 nitrogen and oxygen atoms in total. The normalized spacial score (nSPS) is 9.89. The van der Waals surface area contributed by atoms with Crippen LogP contribution in [0.2, 0.25) is 0 Å². The van der Waals surface area contributed by atoms with Crippen LogP contribution < -0.4 is 10.2 Å². The van der Waals surface area contributed by atoms with Gasteiger partial charge in [-0.15, -0.1) is 0 Å². The Bertz CT molecular complexity index is 655. The second-order valence-electron chi connectivity index (χ2n) is 3.81. The van der Waals surface area contributed by atoms with Gasteiger partial charge >= 0.3 is 0 Å². The molecule has 0 fully saturated rings. The second kappa shape index (κ2) is 5.77. The zero-order chi connectivity index (χ0) is 13.7. The highest BCUT2D eigenvalue weighted by molar-refractivity contribution is 5.39. The molecule has 0 saturated carbocycles. The average Bonchev–Trinajstić information content (AvgIpc) is 2.61. The van der Waals surface area contributed by atoms with Crippen molar-refractivity contribution in [2.24, 2.45) is 0 Å². The highest BCUT2D eigenvalue weighted by Gasteiger charge is 2.12. The zero-order valence-corrected chi connectivity index (χ0v) is 9.98. The van der Waals surface area contributed by atoms with E-state index in [1.165, 1.54) is 18.2 Å². The molecule has 2 aromatic rings. The molecule has 0 radical (unpaired) electrons. The molecule has 0 spiro atoms. The summed E-state index contributed by atoms with van der Waals surface area (Å²) in [7, 11) is 0. The van der Waals surface area contributed by atoms with E-state index in [2.05, 4.69) is 0 Å². The molecule has 5 heteroatoms. The third kappa shape index (κ3) is 3.16. The van der Waals surface area contributed by atoms with Crippen LogP contribution in [0.3, 0.4) is 0 Å². The fourth-order valence-corrected chi connectivity index (χ4v) is 1.60. The summed E-state index contributed by atoms with van der Waals surface area (Å²) in [5, 5.41) is 10.8.